The highest BCUT2D eigenvalue weighted by atomic mass is 16.6. The summed E-state index contributed by atoms with van der Waals surface area (Å²) in [6.07, 6.45) is 1.86. The number of anilines is 2. The van der Waals surface area contributed by atoms with Gasteiger partial charge in [0.05, 0.1) is 6.17 Å². The molecule has 5 heteroatoms. The lowest BCUT2D eigenvalue weighted by atomic mass is 9.81. The second-order valence-electron chi connectivity index (χ2n) is 7.84. The topological polar surface area (TPSA) is 44.8 Å². The molecular weight excluding hydrogens is 338 g/mol. The van der Waals surface area contributed by atoms with Gasteiger partial charge in [0.1, 0.15) is 5.75 Å². The van der Waals surface area contributed by atoms with Crippen LogP contribution in [-0.2, 0) is 11.8 Å². The summed E-state index contributed by atoms with van der Waals surface area (Å²) in [5.74, 6) is 0.588. The maximum absolute atomic E-state index is 12.4. The van der Waals surface area contributed by atoms with Gasteiger partial charge in [-0.25, -0.2) is 4.79 Å². The average Bonchev–Trinajstić information content (AvgIpc) is 3.08. The van der Waals surface area contributed by atoms with E-state index in [0.29, 0.717) is 11.9 Å². The largest absolute Gasteiger partial charge is 0.417 e. The first kappa shape index (κ1) is 17.9. The molecular formula is C22H27N3O2. The summed E-state index contributed by atoms with van der Waals surface area (Å²) in [7, 11) is 4.32. The first-order chi connectivity index (χ1) is 12.9. The lowest BCUT2D eigenvalue weighted by molar-refractivity contribution is 0.215. The van der Waals surface area contributed by atoms with Crippen molar-refractivity contribution in [3.63, 3.8) is 0 Å². The highest BCUT2D eigenvalue weighted by molar-refractivity contribution is 5.87. The van der Waals surface area contributed by atoms with Crippen LogP contribution in [0, 0.1) is 0 Å². The molecule has 2 aromatic rings. The number of fused-ring (bicyclic) bond motifs is 3. The fraction of sp³-hybridized carbons (Fsp3) is 0.409. The molecule has 2 aliphatic rings. The molecule has 0 bridgehead atoms. The van der Waals surface area contributed by atoms with Gasteiger partial charge in [-0.1, -0.05) is 32.0 Å². The number of aryl methyl sites for hydroxylation is 1. The number of benzene rings is 2. The fourth-order valence-corrected chi connectivity index (χ4v) is 4.81. The normalized spacial score (nSPS) is 23.9. The Balaban J connectivity index is 1.55. The molecule has 0 aromatic heterocycles. The van der Waals surface area contributed by atoms with E-state index < -0.39 is 6.09 Å². The number of amides is 1. The molecule has 1 fully saturated rings. The maximum atomic E-state index is 12.4. The highest BCUT2D eigenvalue weighted by Crippen LogP contribution is 2.51. The first-order valence-electron chi connectivity index (χ1n) is 9.58. The molecule has 0 aliphatic carbocycles. The molecule has 2 aromatic carbocycles. The number of likely N-dealkylation sites (N-methyl/N-ethyl adjacent to an activating group) is 2. The van der Waals surface area contributed by atoms with Gasteiger partial charge >= 0.3 is 6.09 Å². The van der Waals surface area contributed by atoms with E-state index in [1.807, 2.05) is 36.4 Å². The number of carbonyl (C=O) groups is 1. The fourth-order valence-electron chi connectivity index (χ4n) is 4.81. The van der Waals surface area contributed by atoms with Crippen LogP contribution >= 0.6 is 0 Å². The number of nitrogens with zero attached hydrogens (tertiary/aromatic N) is 2. The molecule has 0 saturated carbocycles. The van der Waals surface area contributed by atoms with E-state index in [9.17, 15) is 4.79 Å². The summed E-state index contributed by atoms with van der Waals surface area (Å²) in [6.45, 7) is 5.45. The second kappa shape index (κ2) is 6.57. The molecule has 1 unspecified atom stereocenters. The smallest absolute Gasteiger partial charge is 0.410 e. The zero-order valence-electron chi connectivity index (χ0n) is 16.5. The quantitative estimate of drug-likeness (QED) is 0.884. The summed E-state index contributed by atoms with van der Waals surface area (Å²) in [4.78, 5) is 17.2. The zero-order chi connectivity index (χ0) is 19.2. The number of likely N-dealkylation sites (tertiary alicyclic amines) is 1. The molecule has 5 nitrogen and oxygen atoms in total. The molecule has 2 heterocycles. The molecule has 4 rings (SSSR count). The molecule has 1 N–H and O–H groups in total. The van der Waals surface area contributed by atoms with Gasteiger partial charge in [0, 0.05) is 30.4 Å². The summed E-state index contributed by atoms with van der Waals surface area (Å²) in [6, 6.07) is 13.8. The molecule has 0 radical (unpaired) electrons. The molecule has 1 amide bonds. The predicted octanol–water partition coefficient (Wildman–Crippen LogP) is 4.23. The van der Waals surface area contributed by atoms with Crippen molar-refractivity contribution in [1.82, 2.24) is 4.90 Å². The van der Waals surface area contributed by atoms with Crippen LogP contribution in [0.1, 0.15) is 31.4 Å². The van der Waals surface area contributed by atoms with Gasteiger partial charge in [-0.2, -0.15) is 0 Å². The Morgan fingerprint density at radius 2 is 2.04 bits per heavy atom. The molecule has 142 valence electrons. The Bertz CT molecular complexity index is 882. The second-order valence-corrected chi connectivity index (χ2v) is 7.84. The van der Waals surface area contributed by atoms with Crippen molar-refractivity contribution in [3.05, 3.63) is 53.6 Å². The van der Waals surface area contributed by atoms with E-state index in [1.54, 1.807) is 0 Å². The monoisotopic (exact) mass is 365 g/mol. The van der Waals surface area contributed by atoms with E-state index in [1.165, 1.54) is 11.3 Å². The van der Waals surface area contributed by atoms with Crippen LogP contribution < -0.4 is 15.0 Å². The highest BCUT2D eigenvalue weighted by Gasteiger charge is 2.52. The Morgan fingerprint density at radius 3 is 2.81 bits per heavy atom. The minimum Gasteiger partial charge on any atom is -0.410 e. The summed E-state index contributed by atoms with van der Waals surface area (Å²) < 4.78 is 5.62. The van der Waals surface area contributed by atoms with Crippen molar-refractivity contribution >= 4 is 17.5 Å². The number of hydrogen-bond acceptors (Lipinski definition) is 4. The summed E-state index contributed by atoms with van der Waals surface area (Å²) in [5, 5.41) is 2.87. The maximum Gasteiger partial charge on any atom is 0.417 e. The number of carbonyl (C=O) groups excluding carboxylic acids is 1. The van der Waals surface area contributed by atoms with Gasteiger partial charge in [0.25, 0.3) is 0 Å². The van der Waals surface area contributed by atoms with Crippen molar-refractivity contribution < 1.29 is 9.53 Å². The van der Waals surface area contributed by atoms with Crippen LogP contribution in [0.25, 0.3) is 0 Å². The Labute approximate surface area is 160 Å². The molecule has 27 heavy (non-hydrogen) atoms. The number of para-hydroxylation sites is 1. The summed E-state index contributed by atoms with van der Waals surface area (Å²) >= 11 is 0. The van der Waals surface area contributed by atoms with Gasteiger partial charge in [-0.3, -0.25) is 10.2 Å². The minimum atomic E-state index is -0.451. The van der Waals surface area contributed by atoms with Gasteiger partial charge in [-0.05, 0) is 55.3 Å². The first-order valence-corrected chi connectivity index (χ1v) is 9.58. The van der Waals surface area contributed by atoms with Gasteiger partial charge < -0.3 is 9.64 Å². The third-order valence-electron chi connectivity index (χ3n) is 6.15. The van der Waals surface area contributed by atoms with Crippen LogP contribution in [0.15, 0.2) is 42.5 Å². The van der Waals surface area contributed by atoms with Crippen molar-refractivity contribution in [2.75, 3.05) is 30.9 Å². The number of hydrogen-bond donors (Lipinski definition) is 1. The van der Waals surface area contributed by atoms with E-state index in [-0.39, 0.29) is 5.41 Å². The van der Waals surface area contributed by atoms with E-state index in [4.69, 9.17) is 4.74 Å². The number of nitrogens with one attached hydrogen (secondary N) is 1. The average molecular weight is 365 g/mol. The SMILES string of the molecule is CCc1ccccc1NC(=O)Oc1ccc2c(c1)[C@]1(C)CCN(C)C1N2C. The van der Waals surface area contributed by atoms with Gasteiger partial charge in [0.2, 0.25) is 0 Å². The van der Waals surface area contributed by atoms with Crippen LogP contribution in [0.3, 0.4) is 0 Å². The third-order valence-corrected chi connectivity index (χ3v) is 6.15. The third kappa shape index (κ3) is 2.86. The standard InChI is InChI=1S/C22H27N3O2/c1-5-15-8-6-7-9-18(15)23-21(26)27-16-10-11-19-17(14-16)22(2)12-13-24(3)20(22)25(19)4/h6-11,14,20H,5,12-13H2,1-4H3,(H,23,26)/t20?,22-/m0/s1. The van der Waals surface area contributed by atoms with Crippen LogP contribution in [-0.4, -0.2) is 37.8 Å². The molecule has 2 atom stereocenters. The van der Waals surface area contributed by atoms with Crippen molar-refractivity contribution in [3.8, 4) is 5.75 Å². The molecule has 1 saturated heterocycles. The number of ether oxygens (including phenoxy) is 1. The predicted molar refractivity (Wildman–Crippen MR) is 109 cm³/mol. The summed E-state index contributed by atoms with van der Waals surface area (Å²) in [5.41, 5.74) is 4.44. The van der Waals surface area contributed by atoms with E-state index >= 15 is 0 Å². The Morgan fingerprint density at radius 1 is 1.26 bits per heavy atom. The van der Waals surface area contributed by atoms with Crippen LogP contribution in [0.2, 0.25) is 0 Å². The molecule has 2 aliphatic heterocycles. The van der Waals surface area contributed by atoms with Crippen molar-refractivity contribution in [2.45, 2.75) is 38.3 Å². The minimum absolute atomic E-state index is 0.0590. The number of rotatable bonds is 3. The Hall–Kier alpha value is -2.53. The van der Waals surface area contributed by atoms with Crippen LogP contribution in [0.4, 0.5) is 16.2 Å². The zero-order valence-corrected chi connectivity index (χ0v) is 16.5. The van der Waals surface area contributed by atoms with Crippen LogP contribution in [0.5, 0.6) is 5.75 Å². The van der Waals surface area contributed by atoms with E-state index in [2.05, 4.69) is 49.1 Å². The van der Waals surface area contributed by atoms with Crippen molar-refractivity contribution in [2.24, 2.45) is 0 Å². The molecule has 0 spiro atoms. The van der Waals surface area contributed by atoms with Gasteiger partial charge in [-0.15, -0.1) is 0 Å². The van der Waals surface area contributed by atoms with E-state index in [0.717, 1.165) is 30.6 Å². The van der Waals surface area contributed by atoms with Gasteiger partial charge in [0.15, 0.2) is 0 Å². The Kier molecular flexibility index (Phi) is 4.35. The lowest BCUT2D eigenvalue weighted by Crippen LogP contribution is -2.45. The van der Waals surface area contributed by atoms with Crippen molar-refractivity contribution in [1.29, 1.82) is 0 Å². The lowest BCUT2D eigenvalue weighted by Gasteiger charge is -2.32.